The number of aliphatic imine (C=N–C) groups is 1. The maximum absolute atomic E-state index is 12.1. The second kappa shape index (κ2) is 7.07. The molecule has 1 aliphatic rings. The van der Waals surface area contributed by atoms with Gasteiger partial charge < -0.3 is 16.4 Å². The normalized spacial score (nSPS) is 13.2. The van der Waals surface area contributed by atoms with Crippen molar-refractivity contribution in [2.45, 2.75) is 6.42 Å². The van der Waals surface area contributed by atoms with Crippen molar-refractivity contribution in [2.75, 3.05) is 10.6 Å². The lowest BCUT2D eigenvalue weighted by atomic mass is 10.0. The largest absolute Gasteiger partial charge is 0.387 e. The summed E-state index contributed by atoms with van der Waals surface area (Å²) in [7, 11) is 0. The lowest BCUT2D eigenvalue weighted by Gasteiger charge is -2.10. The maximum Gasteiger partial charge on any atom is 0.323 e. The van der Waals surface area contributed by atoms with Crippen molar-refractivity contribution in [2.24, 2.45) is 10.7 Å². The Hall–Kier alpha value is -2.31. The van der Waals surface area contributed by atoms with E-state index in [9.17, 15) is 4.79 Å². The van der Waals surface area contributed by atoms with Gasteiger partial charge >= 0.3 is 6.03 Å². The van der Waals surface area contributed by atoms with E-state index in [2.05, 4.69) is 31.6 Å². The quantitative estimate of drug-likeness (QED) is 0.682. The zero-order chi connectivity index (χ0) is 17.1. The van der Waals surface area contributed by atoms with Gasteiger partial charge in [0.25, 0.3) is 0 Å². The molecule has 0 spiro atoms. The summed E-state index contributed by atoms with van der Waals surface area (Å²) in [6, 6.07) is 12.4. The van der Waals surface area contributed by atoms with E-state index in [-0.39, 0.29) is 6.03 Å². The Morgan fingerprint density at radius 3 is 2.58 bits per heavy atom. The molecule has 2 aromatic rings. The van der Waals surface area contributed by atoms with Gasteiger partial charge in [-0.3, -0.25) is 0 Å². The molecule has 24 heavy (non-hydrogen) atoms. The van der Waals surface area contributed by atoms with Gasteiger partial charge in [-0.15, -0.1) is 0 Å². The summed E-state index contributed by atoms with van der Waals surface area (Å²) in [5, 5.41) is 6.07. The molecule has 4 N–H and O–H groups in total. The molecule has 0 atom stereocenters. The number of nitrogens with two attached hydrogens (primary N) is 1. The highest BCUT2D eigenvalue weighted by Crippen LogP contribution is 2.26. The van der Waals surface area contributed by atoms with Gasteiger partial charge in [0.2, 0.25) is 0 Å². The third-order valence-electron chi connectivity index (χ3n) is 3.43. The first-order chi connectivity index (χ1) is 11.5. The van der Waals surface area contributed by atoms with Crippen molar-refractivity contribution >= 4 is 56.3 Å². The molecule has 1 aliphatic heterocycles. The van der Waals surface area contributed by atoms with Crippen LogP contribution in [-0.2, 0) is 0 Å². The molecule has 5 nitrogen and oxygen atoms in total. The number of anilines is 2. The molecule has 0 saturated carbocycles. The third-order valence-corrected chi connectivity index (χ3v) is 4.66. The number of amidine groups is 1. The van der Waals surface area contributed by atoms with Crippen LogP contribution >= 0.6 is 27.5 Å². The number of benzene rings is 2. The van der Waals surface area contributed by atoms with Crippen LogP contribution in [0.15, 0.2) is 58.1 Å². The van der Waals surface area contributed by atoms with Crippen LogP contribution in [0.4, 0.5) is 16.2 Å². The Balaban J connectivity index is 1.67. The smallest absolute Gasteiger partial charge is 0.323 e. The highest BCUT2D eigenvalue weighted by molar-refractivity contribution is 9.10. The number of carbonyl (C=O) groups excluding carboxylic acids is 1. The molecule has 1 heterocycles. The molecule has 0 radical (unpaired) electrons. The number of urea groups is 1. The number of amides is 2. The SMILES string of the molecule is NC1=NC=C(c2cccc(NC(=O)Nc3ccc(Br)c(Cl)c3)c2)C1. The van der Waals surface area contributed by atoms with E-state index < -0.39 is 0 Å². The molecule has 2 amide bonds. The number of nitrogens with zero attached hydrogens (tertiary/aromatic N) is 1. The predicted molar refractivity (Wildman–Crippen MR) is 102 cm³/mol. The van der Waals surface area contributed by atoms with E-state index in [4.69, 9.17) is 17.3 Å². The van der Waals surface area contributed by atoms with Crippen molar-refractivity contribution in [3.05, 3.63) is 63.7 Å². The van der Waals surface area contributed by atoms with Gasteiger partial charge in [0.05, 0.1) is 5.02 Å². The fourth-order valence-electron chi connectivity index (χ4n) is 2.29. The monoisotopic (exact) mass is 404 g/mol. The molecule has 0 saturated heterocycles. The Labute approximate surface area is 152 Å². The topological polar surface area (TPSA) is 79.5 Å². The Kier molecular flexibility index (Phi) is 4.87. The highest BCUT2D eigenvalue weighted by atomic mass is 79.9. The second-order valence-corrected chi connectivity index (χ2v) is 6.50. The van der Waals surface area contributed by atoms with Crippen LogP contribution < -0.4 is 16.4 Å². The number of hydrogen-bond donors (Lipinski definition) is 3. The van der Waals surface area contributed by atoms with E-state index in [1.807, 2.05) is 24.3 Å². The van der Waals surface area contributed by atoms with Crippen molar-refractivity contribution in [1.82, 2.24) is 0 Å². The number of nitrogens with one attached hydrogen (secondary N) is 2. The molecule has 0 aliphatic carbocycles. The molecule has 0 aromatic heterocycles. The van der Waals surface area contributed by atoms with E-state index in [0.29, 0.717) is 28.7 Å². The predicted octanol–water partition coefficient (Wildman–Crippen LogP) is 4.85. The fraction of sp³-hybridized carbons (Fsp3) is 0.0588. The minimum atomic E-state index is -0.346. The first-order valence-corrected chi connectivity index (χ1v) is 8.33. The van der Waals surface area contributed by atoms with Gasteiger partial charge in [-0.1, -0.05) is 23.7 Å². The van der Waals surface area contributed by atoms with Crippen molar-refractivity contribution < 1.29 is 4.79 Å². The van der Waals surface area contributed by atoms with Crippen LogP contribution in [0.5, 0.6) is 0 Å². The van der Waals surface area contributed by atoms with Gasteiger partial charge in [0, 0.05) is 28.5 Å². The molecule has 0 unspecified atom stereocenters. The summed E-state index contributed by atoms with van der Waals surface area (Å²) in [6.45, 7) is 0. The number of halogens is 2. The lowest BCUT2D eigenvalue weighted by Crippen LogP contribution is -2.19. The highest BCUT2D eigenvalue weighted by Gasteiger charge is 2.11. The Morgan fingerprint density at radius 2 is 1.92 bits per heavy atom. The van der Waals surface area contributed by atoms with Crippen molar-refractivity contribution in [1.29, 1.82) is 0 Å². The molecule has 122 valence electrons. The van der Waals surface area contributed by atoms with Crippen molar-refractivity contribution in [3.63, 3.8) is 0 Å². The van der Waals surface area contributed by atoms with Gasteiger partial charge in [0.15, 0.2) is 0 Å². The third kappa shape index (κ3) is 3.96. The summed E-state index contributed by atoms with van der Waals surface area (Å²) in [5.41, 5.74) is 8.98. The van der Waals surface area contributed by atoms with Gasteiger partial charge in [-0.25, -0.2) is 9.79 Å². The van der Waals surface area contributed by atoms with E-state index >= 15 is 0 Å². The fourth-order valence-corrected chi connectivity index (χ4v) is 2.72. The summed E-state index contributed by atoms with van der Waals surface area (Å²) in [6.07, 6.45) is 2.37. The molecule has 2 aromatic carbocycles. The van der Waals surface area contributed by atoms with Gasteiger partial charge in [0.1, 0.15) is 5.84 Å². The van der Waals surface area contributed by atoms with E-state index in [0.717, 1.165) is 15.6 Å². The van der Waals surface area contributed by atoms with Crippen molar-refractivity contribution in [3.8, 4) is 0 Å². The minimum absolute atomic E-state index is 0.346. The number of rotatable bonds is 3. The average molecular weight is 406 g/mol. The van der Waals surface area contributed by atoms with Crippen LogP contribution in [0, 0.1) is 0 Å². The lowest BCUT2D eigenvalue weighted by molar-refractivity contribution is 0.262. The van der Waals surface area contributed by atoms with Crippen LogP contribution in [0.25, 0.3) is 5.57 Å². The van der Waals surface area contributed by atoms with Crippen LogP contribution in [0.3, 0.4) is 0 Å². The van der Waals surface area contributed by atoms with E-state index in [1.165, 1.54) is 0 Å². The molecule has 3 rings (SSSR count). The molecule has 0 bridgehead atoms. The summed E-state index contributed by atoms with van der Waals surface area (Å²) < 4.78 is 0.772. The van der Waals surface area contributed by atoms with Crippen LogP contribution in [0.1, 0.15) is 12.0 Å². The molecular weight excluding hydrogens is 392 g/mol. The number of hydrogen-bond acceptors (Lipinski definition) is 3. The zero-order valence-corrected chi connectivity index (χ0v) is 14.9. The van der Waals surface area contributed by atoms with Crippen LogP contribution in [0.2, 0.25) is 5.02 Å². The van der Waals surface area contributed by atoms with E-state index in [1.54, 1.807) is 24.4 Å². The van der Waals surface area contributed by atoms with Gasteiger partial charge in [-0.05, 0) is 57.4 Å². The maximum atomic E-state index is 12.1. The van der Waals surface area contributed by atoms with Crippen LogP contribution in [-0.4, -0.2) is 11.9 Å². The average Bonchev–Trinajstić information content (AvgIpc) is 2.98. The standard InChI is InChI=1S/C17H14BrClN4O/c18-14-5-4-13(8-15(14)19)23-17(24)22-12-3-1-2-10(6-12)11-7-16(20)21-9-11/h1-6,8-9H,7H2,(H2,20,21)(H2,22,23,24). The minimum Gasteiger partial charge on any atom is -0.387 e. The second-order valence-electron chi connectivity index (χ2n) is 5.24. The molecular formula is C17H14BrClN4O. The summed E-state index contributed by atoms with van der Waals surface area (Å²) in [5.74, 6) is 0.591. The zero-order valence-electron chi connectivity index (χ0n) is 12.5. The summed E-state index contributed by atoms with van der Waals surface area (Å²) >= 11 is 9.33. The molecule has 0 fully saturated rings. The first kappa shape index (κ1) is 16.5. The summed E-state index contributed by atoms with van der Waals surface area (Å²) in [4.78, 5) is 16.2. The number of carbonyl (C=O) groups is 1. The Morgan fingerprint density at radius 1 is 1.17 bits per heavy atom. The first-order valence-electron chi connectivity index (χ1n) is 7.16. The van der Waals surface area contributed by atoms with Gasteiger partial charge in [-0.2, -0.15) is 0 Å². The Bertz CT molecular complexity index is 863. The molecule has 7 heteroatoms.